The number of piperidine rings is 1. The van der Waals surface area contributed by atoms with Crippen LogP contribution >= 0.6 is 0 Å². The SMILES string of the molecule is COC(OC)C(=O)CC1CCCCN1. The second kappa shape index (κ2) is 6.11. The molecule has 0 spiro atoms. The molecule has 4 heteroatoms. The molecule has 1 heterocycles. The quantitative estimate of drug-likeness (QED) is 0.665. The van der Waals surface area contributed by atoms with Crippen molar-refractivity contribution >= 4 is 5.78 Å². The van der Waals surface area contributed by atoms with E-state index in [1.54, 1.807) is 0 Å². The Kier molecular flexibility index (Phi) is 5.07. The summed E-state index contributed by atoms with van der Waals surface area (Å²) in [4.78, 5) is 11.6. The normalized spacial score (nSPS) is 22.6. The number of nitrogens with one attached hydrogen (secondary N) is 1. The molecule has 0 aromatic rings. The summed E-state index contributed by atoms with van der Waals surface area (Å²) in [6.45, 7) is 1.02. The smallest absolute Gasteiger partial charge is 0.217 e. The zero-order valence-corrected chi connectivity index (χ0v) is 8.91. The number of ketones is 1. The van der Waals surface area contributed by atoms with Crippen molar-refractivity contribution in [1.82, 2.24) is 5.32 Å². The molecule has 1 unspecified atom stereocenters. The summed E-state index contributed by atoms with van der Waals surface area (Å²) < 4.78 is 9.81. The maximum absolute atomic E-state index is 11.6. The van der Waals surface area contributed by atoms with Crippen LogP contribution in [-0.2, 0) is 14.3 Å². The van der Waals surface area contributed by atoms with Crippen LogP contribution in [0.3, 0.4) is 0 Å². The van der Waals surface area contributed by atoms with Crippen LogP contribution in [0, 0.1) is 0 Å². The van der Waals surface area contributed by atoms with E-state index in [1.165, 1.54) is 27.1 Å². The third-order valence-corrected chi connectivity index (χ3v) is 2.55. The van der Waals surface area contributed by atoms with Gasteiger partial charge in [0.1, 0.15) is 0 Å². The summed E-state index contributed by atoms with van der Waals surface area (Å²) in [5.74, 6) is 0.0226. The van der Waals surface area contributed by atoms with E-state index in [1.807, 2.05) is 0 Å². The van der Waals surface area contributed by atoms with Gasteiger partial charge in [0, 0.05) is 26.7 Å². The van der Waals surface area contributed by atoms with Gasteiger partial charge in [-0.25, -0.2) is 0 Å². The molecule has 1 aliphatic rings. The molecule has 1 rings (SSSR count). The fourth-order valence-electron chi connectivity index (χ4n) is 1.80. The zero-order chi connectivity index (χ0) is 10.4. The van der Waals surface area contributed by atoms with Crippen molar-refractivity contribution in [3.05, 3.63) is 0 Å². The van der Waals surface area contributed by atoms with Crippen molar-refractivity contribution in [2.24, 2.45) is 0 Å². The molecule has 0 aliphatic carbocycles. The van der Waals surface area contributed by atoms with E-state index in [2.05, 4.69) is 5.32 Å². The van der Waals surface area contributed by atoms with Gasteiger partial charge in [0.2, 0.25) is 6.29 Å². The Morgan fingerprint density at radius 1 is 1.43 bits per heavy atom. The average Bonchev–Trinajstić information content (AvgIpc) is 2.21. The first-order chi connectivity index (χ1) is 6.77. The second-order valence-electron chi connectivity index (χ2n) is 3.62. The summed E-state index contributed by atoms with van der Waals surface area (Å²) in [7, 11) is 2.97. The number of Topliss-reactive ketones (excluding diaryl/α,β-unsaturated/α-hetero) is 1. The minimum Gasteiger partial charge on any atom is -0.349 e. The number of carbonyl (C=O) groups excluding carboxylic acids is 1. The number of rotatable bonds is 5. The summed E-state index contributed by atoms with van der Waals surface area (Å²) in [6, 6.07) is 0.309. The molecular weight excluding hydrogens is 182 g/mol. The molecule has 4 nitrogen and oxygen atoms in total. The highest BCUT2D eigenvalue weighted by molar-refractivity contribution is 5.82. The molecule has 1 N–H and O–H groups in total. The number of methoxy groups -OCH3 is 2. The molecule has 0 radical (unpaired) electrons. The van der Waals surface area contributed by atoms with E-state index in [0.29, 0.717) is 12.5 Å². The van der Waals surface area contributed by atoms with E-state index < -0.39 is 6.29 Å². The highest BCUT2D eigenvalue weighted by Crippen LogP contribution is 2.12. The molecule has 82 valence electrons. The summed E-state index contributed by atoms with van der Waals surface area (Å²) in [5.41, 5.74) is 0. The van der Waals surface area contributed by atoms with Crippen LogP contribution < -0.4 is 5.32 Å². The monoisotopic (exact) mass is 201 g/mol. The van der Waals surface area contributed by atoms with Gasteiger partial charge >= 0.3 is 0 Å². The van der Waals surface area contributed by atoms with Crippen LogP contribution in [0.25, 0.3) is 0 Å². The maximum atomic E-state index is 11.6. The van der Waals surface area contributed by atoms with Crippen molar-refractivity contribution in [2.75, 3.05) is 20.8 Å². The number of hydrogen-bond acceptors (Lipinski definition) is 4. The standard InChI is InChI=1S/C10H19NO3/c1-13-10(14-2)9(12)7-8-5-3-4-6-11-8/h8,10-11H,3-7H2,1-2H3. The number of carbonyl (C=O) groups is 1. The molecule has 0 amide bonds. The lowest BCUT2D eigenvalue weighted by molar-refractivity contribution is -0.157. The van der Waals surface area contributed by atoms with Gasteiger partial charge in [-0.2, -0.15) is 0 Å². The summed E-state index contributed by atoms with van der Waals surface area (Å²) in [6.07, 6.45) is 3.30. The van der Waals surface area contributed by atoms with Crippen LogP contribution in [0.4, 0.5) is 0 Å². The Labute approximate surface area is 85.0 Å². The van der Waals surface area contributed by atoms with Crippen LogP contribution in [0.15, 0.2) is 0 Å². The number of ether oxygens (including phenoxy) is 2. The Hall–Kier alpha value is -0.450. The van der Waals surface area contributed by atoms with E-state index in [4.69, 9.17) is 9.47 Å². The first-order valence-corrected chi connectivity index (χ1v) is 5.09. The van der Waals surface area contributed by atoms with Gasteiger partial charge in [-0.05, 0) is 19.4 Å². The van der Waals surface area contributed by atoms with Crippen molar-refractivity contribution in [2.45, 2.75) is 38.0 Å². The summed E-state index contributed by atoms with van der Waals surface area (Å²) in [5, 5.41) is 3.32. The Morgan fingerprint density at radius 3 is 2.64 bits per heavy atom. The van der Waals surface area contributed by atoms with Gasteiger partial charge in [0.15, 0.2) is 5.78 Å². The van der Waals surface area contributed by atoms with Crippen LogP contribution in [0.5, 0.6) is 0 Å². The first-order valence-electron chi connectivity index (χ1n) is 5.09. The minimum atomic E-state index is -0.696. The van der Waals surface area contributed by atoms with Crippen LogP contribution in [-0.4, -0.2) is 38.9 Å². The predicted molar refractivity (Wildman–Crippen MR) is 53.1 cm³/mol. The van der Waals surface area contributed by atoms with E-state index in [0.717, 1.165) is 13.0 Å². The van der Waals surface area contributed by atoms with E-state index in [-0.39, 0.29) is 5.78 Å². The summed E-state index contributed by atoms with van der Waals surface area (Å²) >= 11 is 0. The predicted octanol–water partition coefficient (Wildman–Crippen LogP) is 0.707. The van der Waals surface area contributed by atoms with E-state index in [9.17, 15) is 4.79 Å². The largest absolute Gasteiger partial charge is 0.349 e. The highest BCUT2D eigenvalue weighted by atomic mass is 16.7. The lowest BCUT2D eigenvalue weighted by Crippen LogP contribution is -2.38. The zero-order valence-electron chi connectivity index (χ0n) is 8.91. The molecule has 1 saturated heterocycles. The third kappa shape index (κ3) is 3.36. The Balaban J connectivity index is 2.30. The lowest BCUT2D eigenvalue weighted by atomic mass is 10.00. The number of hydrogen-bond donors (Lipinski definition) is 1. The van der Waals surface area contributed by atoms with Gasteiger partial charge in [-0.15, -0.1) is 0 Å². The van der Waals surface area contributed by atoms with Crippen molar-refractivity contribution in [3.63, 3.8) is 0 Å². The van der Waals surface area contributed by atoms with Gasteiger partial charge in [0.25, 0.3) is 0 Å². The maximum Gasteiger partial charge on any atom is 0.217 e. The van der Waals surface area contributed by atoms with Gasteiger partial charge < -0.3 is 14.8 Å². The Morgan fingerprint density at radius 2 is 2.14 bits per heavy atom. The van der Waals surface area contributed by atoms with Crippen LogP contribution in [0.2, 0.25) is 0 Å². The van der Waals surface area contributed by atoms with Crippen LogP contribution in [0.1, 0.15) is 25.7 Å². The molecule has 0 aromatic carbocycles. The average molecular weight is 201 g/mol. The van der Waals surface area contributed by atoms with Gasteiger partial charge in [-0.3, -0.25) is 4.79 Å². The van der Waals surface area contributed by atoms with Gasteiger partial charge in [0.05, 0.1) is 0 Å². The molecule has 14 heavy (non-hydrogen) atoms. The first kappa shape index (κ1) is 11.6. The molecular formula is C10H19NO3. The highest BCUT2D eigenvalue weighted by Gasteiger charge is 2.22. The minimum absolute atomic E-state index is 0.0226. The van der Waals surface area contributed by atoms with Crippen molar-refractivity contribution in [3.8, 4) is 0 Å². The fourth-order valence-corrected chi connectivity index (χ4v) is 1.80. The molecule has 1 aliphatic heterocycles. The van der Waals surface area contributed by atoms with Crippen molar-refractivity contribution in [1.29, 1.82) is 0 Å². The lowest BCUT2D eigenvalue weighted by Gasteiger charge is -2.24. The third-order valence-electron chi connectivity index (χ3n) is 2.55. The molecule has 0 saturated carbocycles. The Bertz CT molecular complexity index is 174. The molecule has 1 fully saturated rings. The molecule has 0 aromatic heterocycles. The topological polar surface area (TPSA) is 47.6 Å². The van der Waals surface area contributed by atoms with E-state index >= 15 is 0 Å². The van der Waals surface area contributed by atoms with Crippen molar-refractivity contribution < 1.29 is 14.3 Å². The molecule has 0 bridgehead atoms. The molecule has 1 atom stereocenters. The second-order valence-corrected chi connectivity index (χ2v) is 3.62. The fraction of sp³-hybridized carbons (Fsp3) is 0.900. The van der Waals surface area contributed by atoms with Gasteiger partial charge in [-0.1, -0.05) is 6.42 Å².